The number of hydrazone groups is 1. The average molecular weight is 368 g/mol. The molecule has 0 aliphatic carbocycles. The van der Waals surface area contributed by atoms with Gasteiger partial charge in [0.05, 0.1) is 28.7 Å². The molecule has 138 valence electrons. The first-order valence-electron chi connectivity index (χ1n) is 9.03. The number of carbonyl (C=O) groups is 1. The van der Waals surface area contributed by atoms with Crippen LogP contribution < -0.4 is 5.43 Å². The van der Waals surface area contributed by atoms with Gasteiger partial charge in [0.25, 0.3) is 5.91 Å². The van der Waals surface area contributed by atoms with Gasteiger partial charge in [0, 0.05) is 24.2 Å². The molecule has 0 fully saturated rings. The van der Waals surface area contributed by atoms with Crippen LogP contribution in [0.2, 0.25) is 0 Å². The van der Waals surface area contributed by atoms with E-state index in [4.69, 9.17) is 4.98 Å². The molecule has 2 heterocycles. The predicted molar refractivity (Wildman–Crippen MR) is 112 cm³/mol. The third-order valence-electron chi connectivity index (χ3n) is 4.65. The van der Waals surface area contributed by atoms with Crippen LogP contribution in [0, 0.1) is 6.92 Å². The van der Waals surface area contributed by atoms with Crippen molar-refractivity contribution in [2.24, 2.45) is 12.1 Å². The predicted octanol–water partition coefficient (Wildman–Crippen LogP) is 4.31. The first kappa shape index (κ1) is 17.7. The van der Waals surface area contributed by atoms with Gasteiger partial charge in [-0.2, -0.15) is 5.10 Å². The molecule has 2 aromatic carbocycles. The van der Waals surface area contributed by atoms with E-state index in [-0.39, 0.29) is 5.91 Å². The Bertz CT molecular complexity index is 1170. The maximum absolute atomic E-state index is 12.9. The highest BCUT2D eigenvalue weighted by Gasteiger charge is 2.13. The van der Waals surface area contributed by atoms with Gasteiger partial charge in [-0.1, -0.05) is 48.0 Å². The molecule has 0 spiro atoms. The molecule has 0 bridgehead atoms. The van der Waals surface area contributed by atoms with Gasteiger partial charge in [-0.15, -0.1) is 0 Å². The van der Waals surface area contributed by atoms with Crippen LogP contribution in [0.3, 0.4) is 0 Å². The van der Waals surface area contributed by atoms with Crippen LogP contribution >= 0.6 is 0 Å². The maximum atomic E-state index is 12.9. The van der Waals surface area contributed by atoms with Gasteiger partial charge >= 0.3 is 0 Å². The van der Waals surface area contributed by atoms with E-state index in [9.17, 15) is 4.79 Å². The van der Waals surface area contributed by atoms with Crippen molar-refractivity contribution in [3.63, 3.8) is 0 Å². The van der Waals surface area contributed by atoms with E-state index in [0.717, 1.165) is 27.9 Å². The summed E-state index contributed by atoms with van der Waals surface area (Å²) in [7, 11) is 1.92. The second-order valence-corrected chi connectivity index (χ2v) is 6.68. The molecule has 2 aromatic heterocycles. The number of para-hydroxylation sites is 1. The largest absolute Gasteiger partial charge is 0.350 e. The number of aryl methyl sites for hydroxylation is 2. The number of carbonyl (C=O) groups excluding carboxylic acids is 1. The van der Waals surface area contributed by atoms with E-state index >= 15 is 0 Å². The third kappa shape index (κ3) is 3.55. The van der Waals surface area contributed by atoms with Crippen molar-refractivity contribution in [2.45, 2.75) is 6.92 Å². The van der Waals surface area contributed by atoms with E-state index in [0.29, 0.717) is 5.56 Å². The minimum Gasteiger partial charge on any atom is -0.350 e. The number of amides is 1. The Morgan fingerprint density at radius 3 is 2.61 bits per heavy atom. The molecule has 0 radical (unpaired) electrons. The SMILES string of the molecule is Cc1ccc(-c2cc(C(=O)N/N=C/c3cccn3C)c3ccccc3n2)cc1. The maximum Gasteiger partial charge on any atom is 0.272 e. The molecule has 0 atom stereocenters. The smallest absolute Gasteiger partial charge is 0.272 e. The standard InChI is InChI=1S/C23H20N4O/c1-16-9-11-17(12-10-16)22-14-20(19-7-3-4-8-21(19)25-22)23(28)26-24-15-18-6-5-13-27(18)2/h3-15H,1-2H3,(H,26,28)/b24-15+. The Hall–Kier alpha value is -3.73. The van der Waals surface area contributed by atoms with Crippen LogP contribution in [0.5, 0.6) is 0 Å². The summed E-state index contributed by atoms with van der Waals surface area (Å²) in [4.78, 5) is 17.6. The van der Waals surface area contributed by atoms with E-state index in [1.165, 1.54) is 5.56 Å². The summed E-state index contributed by atoms with van der Waals surface area (Å²) in [5.74, 6) is -0.266. The highest BCUT2D eigenvalue weighted by atomic mass is 16.2. The molecule has 1 N–H and O–H groups in total. The minimum absolute atomic E-state index is 0.266. The Morgan fingerprint density at radius 2 is 1.86 bits per heavy atom. The Kier molecular flexibility index (Phi) is 4.72. The lowest BCUT2D eigenvalue weighted by Gasteiger charge is -2.09. The zero-order valence-corrected chi connectivity index (χ0v) is 15.8. The molecule has 28 heavy (non-hydrogen) atoms. The fraction of sp³-hybridized carbons (Fsp3) is 0.0870. The lowest BCUT2D eigenvalue weighted by atomic mass is 10.0. The second kappa shape index (κ2) is 7.48. The molecular weight excluding hydrogens is 348 g/mol. The normalized spacial score (nSPS) is 11.2. The zero-order valence-electron chi connectivity index (χ0n) is 15.8. The highest BCUT2D eigenvalue weighted by molar-refractivity contribution is 6.07. The molecule has 4 rings (SSSR count). The van der Waals surface area contributed by atoms with Gasteiger partial charge in [0.2, 0.25) is 0 Å². The molecule has 0 saturated carbocycles. The summed E-state index contributed by atoms with van der Waals surface area (Å²) in [6, 6.07) is 21.4. The van der Waals surface area contributed by atoms with E-state index in [2.05, 4.69) is 10.5 Å². The quantitative estimate of drug-likeness (QED) is 0.431. The van der Waals surface area contributed by atoms with Crippen LogP contribution in [0.4, 0.5) is 0 Å². The first-order chi connectivity index (χ1) is 13.6. The van der Waals surface area contributed by atoms with E-state index in [1.54, 1.807) is 6.21 Å². The summed E-state index contributed by atoms with van der Waals surface area (Å²) in [6.07, 6.45) is 3.55. The van der Waals surface area contributed by atoms with Gasteiger partial charge in [0.1, 0.15) is 0 Å². The van der Waals surface area contributed by atoms with Gasteiger partial charge in [0.15, 0.2) is 0 Å². The molecule has 0 aliphatic rings. The van der Waals surface area contributed by atoms with Crippen LogP contribution in [-0.2, 0) is 7.05 Å². The van der Waals surface area contributed by atoms with Crippen molar-refractivity contribution in [2.75, 3.05) is 0 Å². The molecule has 4 aromatic rings. The fourth-order valence-corrected chi connectivity index (χ4v) is 3.06. The number of pyridine rings is 1. The lowest BCUT2D eigenvalue weighted by molar-refractivity contribution is 0.0956. The summed E-state index contributed by atoms with van der Waals surface area (Å²) in [5.41, 5.74) is 7.77. The van der Waals surface area contributed by atoms with Crippen LogP contribution in [0.1, 0.15) is 21.6 Å². The molecule has 5 heteroatoms. The number of hydrogen-bond donors (Lipinski definition) is 1. The van der Waals surface area contributed by atoms with Gasteiger partial charge in [-0.3, -0.25) is 4.79 Å². The average Bonchev–Trinajstić information content (AvgIpc) is 3.12. The van der Waals surface area contributed by atoms with Crippen molar-refractivity contribution in [1.82, 2.24) is 15.0 Å². The summed E-state index contributed by atoms with van der Waals surface area (Å²) in [5, 5.41) is 4.90. The van der Waals surface area contributed by atoms with Gasteiger partial charge in [-0.05, 0) is 31.2 Å². The van der Waals surface area contributed by atoms with Crippen molar-refractivity contribution in [3.05, 3.63) is 89.7 Å². The Labute approximate surface area is 163 Å². The first-order valence-corrected chi connectivity index (χ1v) is 9.03. The third-order valence-corrected chi connectivity index (χ3v) is 4.65. The van der Waals surface area contributed by atoms with Crippen molar-refractivity contribution < 1.29 is 4.79 Å². The monoisotopic (exact) mass is 368 g/mol. The number of hydrogen-bond acceptors (Lipinski definition) is 3. The van der Waals surface area contributed by atoms with Gasteiger partial charge in [-0.25, -0.2) is 10.4 Å². The number of benzene rings is 2. The molecule has 1 amide bonds. The van der Waals surface area contributed by atoms with Gasteiger partial charge < -0.3 is 4.57 Å². The molecule has 0 unspecified atom stereocenters. The van der Waals surface area contributed by atoms with Crippen LogP contribution in [-0.4, -0.2) is 21.7 Å². The van der Waals surface area contributed by atoms with Crippen LogP contribution in [0.15, 0.2) is 78.0 Å². The van der Waals surface area contributed by atoms with Crippen molar-refractivity contribution in [3.8, 4) is 11.3 Å². The molecule has 0 aliphatic heterocycles. The zero-order chi connectivity index (χ0) is 19.5. The Morgan fingerprint density at radius 1 is 1.07 bits per heavy atom. The summed E-state index contributed by atoms with van der Waals surface area (Å²) >= 11 is 0. The van der Waals surface area contributed by atoms with E-state index in [1.807, 2.05) is 91.5 Å². The summed E-state index contributed by atoms with van der Waals surface area (Å²) < 4.78 is 1.92. The molecular formula is C23H20N4O. The highest BCUT2D eigenvalue weighted by Crippen LogP contribution is 2.25. The van der Waals surface area contributed by atoms with Crippen molar-refractivity contribution in [1.29, 1.82) is 0 Å². The number of nitrogens with one attached hydrogen (secondary N) is 1. The second-order valence-electron chi connectivity index (χ2n) is 6.68. The van der Waals surface area contributed by atoms with Crippen molar-refractivity contribution >= 4 is 23.0 Å². The van der Waals surface area contributed by atoms with E-state index < -0.39 is 0 Å². The summed E-state index contributed by atoms with van der Waals surface area (Å²) in [6.45, 7) is 2.04. The fourth-order valence-electron chi connectivity index (χ4n) is 3.06. The molecule has 0 saturated heterocycles. The topological polar surface area (TPSA) is 59.3 Å². The number of fused-ring (bicyclic) bond motifs is 1. The number of rotatable bonds is 4. The van der Waals surface area contributed by atoms with Crippen LogP contribution in [0.25, 0.3) is 22.2 Å². The minimum atomic E-state index is -0.266. The number of nitrogens with zero attached hydrogens (tertiary/aromatic N) is 3. The molecule has 5 nitrogen and oxygen atoms in total. The Balaban J connectivity index is 1.70. The lowest BCUT2D eigenvalue weighted by Crippen LogP contribution is -2.18. The number of aromatic nitrogens is 2.